The quantitative estimate of drug-likeness (QED) is 0.791. The van der Waals surface area contributed by atoms with E-state index in [1.807, 2.05) is 75.4 Å². The van der Waals surface area contributed by atoms with E-state index in [0.29, 0.717) is 25.1 Å². The molecular formula is C24H30N2O4. The molecule has 0 unspecified atom stereocenters. The fraction of sp³-hybridized carbons (Fsp3) is 0.417. The highest BCUT2D eigenvalue weighted by Gasteiger charge is 2.38. The molecule has 6 nitrogen and oxygen atoms in total. The highest BCUT2D eigenvalue weighted by atomic mass is 16.6. The molecule has 3 rings (SSSR count). The SMILES string of the molecule is COc1ccccc1CN(C(=O)OC(C)(C)C)[C@@H]1CCC(=O)N[C@@H]1c1ccccc1. The van der Waals surface area contributed by atoms with Crippen LogP contribution in [0.1, 0.15) is 50.8 Å². The van der Waals surface area contributed by atoms with Gasteiger partial charge >= 0.3 is 6.09 Å². The largest absolute Gasteiger partial charge is 0.496 e. The van der Waals surface area contributed by atoms with Crippen LogP contribution >= 0.6 is 0 Å². The smallest absolute Gasteiger partial charge is 0.410 e. The van der Waals surface area contributed by atoms with Crippen molar-refractivity contribution >= 4 is 12.0 Å². The number of carbonyl (C=O) groups is 2. The fourth-order valence-corrected chi connectivity index (χ4v) is 3.74. The molecule has 1 fully saturated rings. The first-order chi connectivity index (χ1) is 14.3. The second-order valence-electron chi connectivity index (χ2n) is 8.48. The van der Waals surface area contributed by atoms with Gasteiger partial charge in [0.25, 0.3) is 0 Å². The maximum Gasteiger partial charge on any atom is 0.410 e. The molecule has 1 N–H and O–H groups in total. The van der Waals surface area contributed by atoms with Crippen LogP contribution in [0.15, 0.2) is 54.6 Å². The van der Waals surface area contributed by atoms with Crippen molar-refractivity contribution in [2.45, 2.75) is 57.8 Å². The standard InChI is InChI=1S/C24H30N2O4/c1-24(2,3)30-23(28)26(16-18-12-8-9-13-20(18)29-4)19-14-15-21(27)25-22(19)17-10-6-5-7-11-17/h5-13,19,22H,14-16H2,1-4H3,(H,25,27)/t19-,22-/m1/s1. The monoisotopic (exact) mass is 410 g/mol. The van der Waals surface area contributed by atoms with Crippen molar-refractivity contribution in [1.29, 1.82) is 0 Å². The molecule has 1 aliphatic rings. The van der Waals surface area contributed by atoms with Crippen molar-refractivity contribution in [1.82, 2.24) is 10.2 Å². The van der Waals surface area contributed by atoms with Gasteiger partial charge in [-0.25, -0.2) is 4.79 Å². The van der Waals surface area contributed by atoms with Crippen LogP contribution in [0.25, 0.3) is 0 Å². The summed E-state index contributed by atoms with van der Waals surface area (Å²) in [5, 5.41) is 3.08. The lowest BCUT2D eigenvalue weighted by atomic mass is 9.90. The third-order valence-corrected chi connectivity index (χ3v) is 5.09. The fourth-order valence-electron chi connectivity index (χ4n) is 3.74. The molecule has 6 heteroatoms. The van der Waals surface area contributed by atoms with Crippen LogP contribution in [0, 0.1) is 0 Å². The third-order valence-electron chi connectivity index (χ3n) is 5.09. The minimum atomic E-state index is -0.629. The summed E-state index contributed by atoms with van der Waals surface area (Å²) in [6.07, 6.45) is 0.509. The molecule has 1 heterocycles. The van der Waals surface area contributed by atoms with Gasteiger partial charge in [-0.2, -0.15) is 0 Å². The van der Waals surface area contributed by atoms with Gasteiger partial charge in [0.1, 0.15) is 11.4 Å². The van der Waals surface area contributed by atoms with Gasteiger partial charge in [0.05, 0.1) is 25.7 Å². The summed E-state index contributed by atoms with van der Waals surface area (Å²) in [5.41, 5.74) is 1.22. The Labute approximate surface area is 178 Å². The van der Waals surface area contributed by atoms with Gasteiger partial charge in [-0.1, -0.05) is 48.5 Å². The van der Waals surface area contributed by atoms with E-state index < -0.39 is 11.7 Å². The van der Waals surface area contributed by atoms with Gasteiger partial charge in [-0.05, 0) is 38.8 Å². The van der Waals surface area contributed by atoms with Crippen molar-refractivity contribution in [3.63, 3.8) is 0 Å². The van der Waals surface area contributed by atoms with Gasteiger partial charge in [0.15, 0.2) is 0 Å². The molecule has 0 bridgehead atoms. The van der Waals surface area contributed by atoms with E-state index in [-0.39, 0.29) is 18.0 Å². The zero-order chi connectivity index (χ0) is 21.7. The number of benzene rings is 2. The van der Waals surface area contributed by atoms with E-state index in [0.717, 1.165) is 11.1 Å². The van der Waals surface area contributed by atoms with Crippen molar-refractivity contribution in [2.75, 3.05) is 7.11 Å². The van der Waals surface area contributed by atoms with Crippen LogP contribution in [-0.2, 0) is 16.1 Å². The number of hydrogen-bond acceptors (Lipinski definition) is 4. The molecule has 30 heavy (non-hydrogen) atoms. The van der Waals surface area contributed by atoms with Crippen LogP contribution in [-0.4, -0.2) is 35.7 Å². The Morgan fingerprint density at radius 3 is 2.43 bits per heavy atom. The zero-order valence-electron chi connectivity index (χ0n) is 18.1. The van der Waals surface area contributed by atoms with Crippen molar-refractivity contribution in [3.05, 3.63) is 65.7 Å². The molecule has 160 valence electrons. The highest BCUT2D eigenvalue weighted by Crippen LogP contribution is 2.32. The number of ether oxygens (including phenoxy) is 2. The molecule has 2 atom stereocenters. The summed E-state index contributed by atoms with van der Waals surface area (Å²) in [6.45, 7) is 5.87. The normalized spacial score (nSPS) is 19.0. The predicted molar refractivity (Wildman–Crippen MR) is 115 cm³/mol. The molecule has 2 amide bonds. The first kappa shape index (κ1) is 21.7. The Kier molecular flexibility index (Phi) is 6.65. The number of amides is 2. The Bertz CT molecular complexity index is 876. The number of hydrogen-bond donors (Lipinski definition) is 1. The van der Waals surface area contributed by atoms with Crippen LogP contribution < -0.4 is 10.1 Å². The number of methoxy groups -OCH3 is 1. The molecule has 2 aromatic rings. The van der Waals surface area contributed by atoms with Crippen molar-refractivity contribution < 1.29 is 19.1 Å². The summed E-state index contributed by atoms with van der Waals surface area (Å²) < 4.78 is 11.2. The van der Waals surface area contributed by atoms with E-state index >= 15 is 0 Å². The molecule has 2 aromatic carbocycles. The summed E-state index contributed by atoms with van der Waals surface area (Å²) >= 11 is 0. The lowest BCUT2D eigenvalue weighted by molar-refractivity contribution is -0.125. The zero-order valence-corrected chi connectivity index (χ0v) is 18.1. The van der Waals surface area contributed by atoms with E-state index in [2.05, 4.69) is 5.32 Å². The molecule has 0 spiro atoms. The molecule has 1 aliphatic heterocycles. The molecule has 1 saturated heterocycles. The minimum absolute atomic E-state index is 0.0125. The van der Waals surface area contributed by atoms with E-state index in [9.17, 15) is 9.59 Å². The Hall–Kier alpha value is -3.02. The Morgan fingerprint density at radius 2 is 1.77 bits per heavy atom. The third kappa shape index (κ3) is 5.32. The summed E-state index contributed by atoms with van der Waals surface area (Å²) in [4.78, 5) is 27.2. The molecule has 0 radical (unpaired) electrons. The molecule has 0 aliphatic carbocycles. The minimum Gasteiger partial charge on any atom is -0.496 e. The Balaban J connectivity index is 1.98. The van der Waals surface area contributed by atoms with Gasteiger partial charge in [-0.3, -0.25) is 9.69 Å². The lowest BCUT2D eigenvalue weighted by Crippen LogP contribution is -2.53. The van der Waals surface area contributed by atoms with Gasteiger partial charge in [0.2, 0.25) is 5.91 Å². The number of piperidine rings is 1. The number of nitrogens with zero attached hydrogens (tertiary/aromatic N) is 1. The maximum absolute atomic E-state index is 13.3. The van der Waals surface area contributed by atoms with Crippen molar-refractivity contribution in [3.8, 4) is 5.75 Å². The molecule has 0 saturated carbocycles. The predicted octanol–water partition coefficient (Wildman–Crippen LogP) is 4.45. The number of para-hydroxylation sites is 1. The summed E-state index contributed by atoms with van der Waals surface area (Å²) in [7, 11) is 1.62. The topological polar surface area (TPSA) is 67.9 Å². The molecule has 0 aromatic heterocycles. The van der Waals surface area contributed by atoms with Crippen molar-refractivity contribution in [2.24, 2.45) is 0 Å². The van der Waals surface area contributed by atoms with Gasteiger partial charge in [0, 0.05) is 12.0 Å². The number of rotatable bonds is 5. The second kappa shape index (κ2) is 9.20. The van der Waals surface area contributed by atoms with Crippen LogP contribution in [0.5, 0.6) is 5.75 Å². The number of carbonyl (C=O) groups excluding carboxylic acids is 2. The second-order valence-corrected chi connectivity index (χ2v) is 8.48. The average Bonchev–Trinajstić information content (AvgIpc) is 2.72. The van der Waals surface area contributed by atoms with E-state index in [1.165, 1.54) is 0 Å². The molecular weight excluding hydrogens is 380 g/mol. The maximum atomic E-state index is 13.3. The first-order valence-corrected chi connectivity index (χ1v) is 10.2. The average molecular weight is 411 g/mol. The van der Waals surface area contributed by atoms with Crippen LogP contribution in [0.3, 0.4) is 0 Å². The van der Waals surface area contributed by atoms with Crippen LogP contribution in [0.2, 0.25) is 0 Å². The summed E-state index contributed by atoms with van der Waals surface area (Å²) in [6, 6.07) is 16.8. The van der Waals surface area contributed by atoms with Gasteiger partial charge < -0.3 is 14.8 Å². The lowest BCUT2D eigenvalue weighted by Gasteiger charge is -2.41. The Morgan fingerprint density at radius 1 is 1.10 bits per heavy atom. The van der Waals surface area contributed by atoms with Crippen LogP contribution in [0.4, 0.5) is 4.79 Å². The van der Waals surface area contributed by atoms with E-state index in [4.69, 9.17) is 9.47 Å². The first-order valence-electron chi connectivity index (χ1n) is 10.2. The summed E-state index contributed by atoms with van der Waals surface area (Å²) in [5.74, 6) is 0.698. The van der Waals surface area contributed by atoms with Gasteiger partial charge in [-0.15, -0.1) is 0 Å². The highest BCUT2D eigenvalue weighted by molar-refractivity contribution is 5.78. The number of nitrogens with one attached hydrogen (secondary N) is 1. The van der Waals surface area contributed by atoms with E-state index in [1.54, 1.807) is 12.0 Å².